The third kappa shape index (κ3) is 3.98. The van der Waals surface area contributed by atoms with Crippen LogP contribution in [-0.2, 0) is 4.79 Å². The standard InChI is InChI=1S/C22H26N2O3/c1-5-24(3)20(16-10-7-6-8-11-16)22(25)23-15(2)19-14-17-12-9-13-18(26-4)21(17)27-19/h6-15,20H,5H2,1-4H3,(H,23,25). The molecule has 0 spiro atoms. The number of fused-ring (bicyclic) bond motifs is 1. The van der Waals surface area contributed by atoms with Crippen LogP contribution in [0.1, 0.15) is 37.3 Å². The molecule has 1 heterocycles. The van der Waals surface area contributed by atoms with E-state index in [0.717, 1.165) is 17.5 Å². The Hall–Kier alpha value is -2.79. The van der Waals surface area contributed by atoms with Crippen molar-refractivity contribution in [1.82, 2.24) is 10.2 Å². The van der Waals surface area contributed by atoms with Gasteiger partial charge in [0.05, 0.1) is 13.2 Å². The number of methoxy groups -OCH3 is 1. The molecule has 0 aliphatic heterocycles. The van der Waals surface area contributed by atoms with E-state index in [-0.39, 0.29) is 18.0 Å². The highest BCUT2D eigenvalue weighted by molar-refractivity contribution is 5.85. The minimum absolute atomic E-state index is 0.0505. The second-order valence-electron chi connectivity index (χ2n) is 6.64. The number of amides is 1. The maximum atomic E-state index is 13.0. The Morgan fingerprint density at radius 3 is 2.59 bits per heavy atom. The van der Waals surface area contributed by atoms with Gasteiger partial charge in [-0.25, -0.2) is 0 Å². The van der Waals surface area contributed by atoms with Gasteiger partial charge in [0.2, 0.25) is 5.91 Å². The third-order valence-corrected chi connectivity index (χ3v) is 4.84. The molecular formula is C22H26N2O3. The van der Waals surface area contributed by atoms with Gasteiger partial charge >= 0.3 is 0 Å². The number of likely N-dealkylation sites (N-methyl/N-ethyl adjacent to an activating group) is 1. The predicted octanol–water partition coefficient (Wildman–Crippen LogP) is 4.31. The fourth-order valence-electron chi connectivity index (χ4n) is 3.22. The van der Waals surface area contributed by atoms with Crippen LogP contribution < -0.4 is 10.1 Å². The molecular weight excluding hydrogens is 340 g/mol. The molecule has 2 aromatic carbocycles. The van der Waals surface area contributed by atoms with Crippen molar-refractivity contribution in [3.05, 3.63) is 65.9 Å². The van der Waals surface area contributed by atoms with Crippen LogP contribution >= 0.6 is 0 Å². The van der Waals surface area contributed by atoms with Crippen molar-refractivity contribution in [3.8, 4) is 5.75 Å². The lowest BCUT2D eigenvalue weighted by molar-refractivity contribution is -0.127. The van der Waals surface area contributed by atoms with E-state index in [0.29, 0.717) is 17.1 Å². The van der Waals surface area contributed by atoms with Crippen LogP contribution in [0, 0.1) is 0 Å². The third-order valence-electron chi connectivity index (χ3n) is 4.84. The Morgan fingerprint density at radius 2 is 1.93 bits per heavy atom. The van der Waals surface area contributed by atoms with Gasteiger partial charge in [0.25, 0.3) is 0 Å². The fraction of sp³-hybridized carbons (Fsp3) is 0.318. The molecule has 1 aromatic heterocycles. The molecule has 0 radical (unpaired) electrons. The van der Waals surface area contributed by atoms with Crippen LogP contribution in [-0.4, -0.2) is 31.5 Å². The molecule has 5 heteroatoms. The number of nitrogens with zero attached hydrogens (tertiary/aromatic N) is 1. The maximum absolute atomic E-state index is 13.0. The van der Waals surface area contributed by atoms with E-state index in [2.05, 4.69) is 5.32 Å². The van der Waals surface area contributed by atoms with Crippen LogP contribution in [0.2, 0.25) is 0 Å². The minimum Gasteiger partial charge on any atom is -0.493 e. The molecule has 0 aliphatic carbocycles. The number of ether oxygens (including phenoxy) is 1. The molecule has 0 saturated carbocycles. The summed E-state index contributed by atoms with van der Waals surface area (Å²) in [6.07, 6.45) is 0. The van der Waals surface area contributed by atoms with E-state index in [1.165, 1.54) is 0 Å². The molecule has 2 atom stereocenters. The van der Waals surface area contributed by atoms with Gasteiger partial charge in [-0.3, -0.25) is 9.69 Å². The van der Waals surface area contributed by atoms with Gasteiger partial charge in [-0.1, -0.05) is 49.4 Å². The topological polar surface area (TPSA) is 54.7 Å². The second kappa shape index (κ2) is 8.27. The quantitative estimate of drug-likeness (QED) is 0.677. The zero-order chi connectivity index (χ0) is 19.4. The number of benzene rings is 2. The number of hydrogen-bond donors (Lipinski definition) is 1. The lowest BCUT2D eigenvalue weighted by Crippen LogP contribution is -2.39. The normalized spacial score (nSPS) is 13.5. The Bertz CT molecular complexity index is 904. The van der Waals surface area contributed by atoms with Crippen molar-refractivity contribution in [3.63, 3.8) is 0 Å². The highest BCUT2D eigenvalue weighted by atomic mass is 16.5. The van der Waals surface area contributed by atoms with Gasteiger partial charge in [0.15, 0.2) is 11.3 Å². The lowest BCUT2D eigenvalue weighted by Gasteiger charge is -2.27. The summed E-state index contributed by atoms with van der Waals surface area (Å²) in [6, 6.07) is 16.9. The fourth-order valence-corrected chi connectivity index (χ4v) is 3.22. The number of carbonyl (C=O) groups is 1. The first-order valence-corrected chi connectivity index (χ1v) is 9.17. The summed E-state index contributed by atoms with van der Waals surface area (Å²) >= 11 is 0. The maximum Gasteiger partial charge on any atom is 0.242 e. The van der Waals surface area contributed by atoms with Gasteiger partial charge in [0, 0.05) is 5.39 Å². The summed E-state index contributed by atoms with van der Waals surface area (Å²) in [5, 5.41) is 4.05. The molecule has 0 fully saturated rings. The van der Waals surface area contributed by atoms with E-state index in [1.807, 2.05) is 80.4 Å². The monoisotopic (exact) mass is 366 g/mol. The van der Waals surface area contributed by atoms with Crippen molar-refractivity contribution >= 4 is 16.9 Å². The number of para-hydroxylation sites is 1. The first kappa shape index (κ1) is 19.0. The lowest BCUT2D eigenvalue weighted by atomic mass is 10.0. The summed E-state index contributed by atoms with van der Waals surface area (Å²) in [7, 11) is 3.57. The molecule has 142 valence electrons. The molecule has 0 saturated heterocycles. The molecule has 3 aromatic rings. The average molecular weight is 366 g/mol. The van der Waals surface area contributed by atoms with Gasteiger partial charge in [0.1, 0.15) is 11.8 Å². The first-order valence-electron chi connectivity index (χ1n) is 9.17. The van der Waals surface area contributed by atoms with E-state index in [9.17, 15) is 4.79 Å². The van der Waals surface area contributed by atoms with Crippen LogP contribution in [0.5, 0.6) is 5.75 Å². The Balaban J connectivity index is 1.83. The Labute approximate surface area is 159 Å². The molecule has 2 unspecified atom stereocenters. The number of hydrogen-bond acceptors (Lipinski definition) is 4. The summed E-state index contributed by atoms with van der Waals surface area (Å²) in [5.41, 5.74) is 1.67. The highest BCUT2D eigenvalue weighted by Gasteiger charge is 2.26. The molecule has 27 heavy (non-hydrogen) atoms. The van der Waals surface area contributed by atoms with Gasteiger partial charge in [-0.2, -0.15) is 0 Å². The van der Waals surface area contributed by atoms with E-state index in [4.69, 9.17) is 9.15 Å². The number of carbonyl (C=O) groups excluding carboxylic acids is 1. The van der Waals surface area contributed by atoms with Gasteiger partial charge < -0.3 is 14.5 Å². The largest absolute Gasteiger partial charge is 0.493 e. The van der Waals surface area contributed by atoms with Crippen LogP contribution in [0.25, 0.3) is 11.0 Å². The number of furan rings is 1. The zero-order valence-electron chi connectivity index (χ0n) is 16.2. The van der Waals surface area contributed by atoms with Crippen LogP contribution in [0.15, 0.2) is 59.0 Å². The zero-order valence-corrected chi connectivity index (χ0v) is 16.2. The van der Waals surface area contributed by atoms with Crippen molar-refractivity contribution < 1.29 is 13.9 Å². The predicted molar refractivity (Wildman–Crippen MR) is 107 cm³/mol. The summed E-state index contributed by atoms with van der Waals surface area (Å²) in [6.45, 7) is 4.73. The average Bonchev–Trinajstić information content (AvgIpc) is 3.13. The summed E-state index contributed by atoms with van der Waals surface area (Å²) < 4.78 is 11.3. The highest BCUT2D eigenvalue weighted by Crippen LogP contribution is 2.31. The van der Waals surface area contributed by atoms with Gasteiger partial charge in [-0.15, -0.1) is 0 Å². The van der Waals surface area contributed by atoms with Gasteiger partial charge in [-0.05, 0) is 38.2 Å². The molecule has 1 N–H and O–H groups in total. The number of nitrogens with one attached hydrogen (secondary N) is 1. The van der Waals surface area contributed by atoms with Crippen LogP contribution in [0.4, 0.5) is 0 Å². The molecule has 1 amide bonds. The summed E-state index contributed by atoms with van der Waals surface area (Å²) in [5.74, 6) is 1.34. The Morgan fingerprint density at radius 1 is 1.19 bits per heavy atom. The molecule has 5 nitrogen and oxygen atoms in total. The summed E-state index contributed by atoms with van der Waals surface area (Å²) in [4.78, 5) is 15.1. The van der Waals surface area contributed by atoms with Crippen LogP contribution in [0.3, 0.4) is 0 Å². The molecule has 3 rings (SSSR count). The van der Waals surface area contributed by atoms with E-state index >= 15 is 0 Å². The second-order valence-corrected chi connectivity index (χ2v) is 6.64. The minimum atomic E-state index is -0.349. The molecule has 0 bridgehead atoms. The first-order chi connectivity index (χ1) is 13.0. The smallest absolute Gasteiger partial charge is 0.242 e. The number of rotatable bonds is 7. The van der Waals surface area contributed by atoms with E-state index in [1.54, 1.807) is 7.11 Å². The van der Waals surface area contributed by atoms with Crippen molar-refractivity contribution in [1.29, 1.82) is 0 Å². The van der Waals surface area contributed by atoms with Crippen molar-refractivity contribution in [2.75, 3.05) is 20.7 Å². The van der Waals surface area contributed by atoms with Crippen molar-refractivity contribution in [2.24, 2.45) is 0 Å². The SMILES string of the molecule is CCN(C)C(C(=O)NC(C)c1cc2cccc(OC)c2o1)c1ccccc1. The Kier molecular flexibility index (Phi) is 5.81. The van der Waals surface area contributed by atoms with E-state index < -0.39 is 0 Å². The molecule has 0 aliphatic rings. The van der Waals surface area contributed by atoms with Crippen molar-refractivity contribution in [2.45, 2.75) is 25.9 Å².